The van der Waals surface area contributed by atoms with Gasteiger partial charge in [0.05, 0.1) is 6.10 Å². The maximum absolute atomic E-state index is 10.4. The molecule has 1 atom stereocenters. The molecule has 17 heavy (non-hydrogen) atoms. The van der Waals surface area contributed by atoms with Crippen molar-refractivity contribution in [3.8, 4) is 0 Å². The fourth-order valence-electron chi connectivity index (χ4n) is 3.19. The summed E-state index contributed by atoms with van der Waals surface area (Å²) in [5.41, 5.74) is 1.75. The molecule has 0 aromatic heterocycles. The molecule has 0 bridgehead atoms. The predicted octanol–water partition coefficient (Wildman–Crippen LogP) is 3.88. The van der Waals surface area contributed by atoms with E-state index in [1.807, 2.05) is 0 Å². The monoisotopic (exact) mass is 344 g/mol. The van der Waals surface area contributed by atoms with E-state index in [0.29, 0.717) is 5.92 Å². The third-order valence-corrected chi connectivity index (χ3v) is 5.59. The maximum Gasteiger partial charge on any atom is 0.0619 e. The first-order chi connectivity index (χ1) is 7.76. The number of hydrogen-bond acceptors (Lipinski definition) is 1. The standard InChI is InChI=1S/C15H21IO/c1-14(2)13(15(14,3)4)12(17)9-10-5-7-11(16)8-6-10/h5-8,12-13,17H,9H2,1-4H3. The molecule has 0 radical (unpaired) electrons. The third kappa shape index (κ3) is 2.26. The Hall–Kier alpha value is -0.0900. The lowest BCUT2D eigenvalue weighted by atomic mass is 10.00. The first-order valence-corrected chi connectivity index (χ1v) is 7.27. The summed E-state index contributed by atoms with van der Waals surface area (Å²) in [6.07, 6.45) is 0.550. The van der Waals surface area contributed by atoms with Crippen LogP contribution in [0.15, 0.2) is 24.3 Å². The van der Waals surface area contributed by atoms with E-state index in [0.717, 1.165) is 6.42 Å². The van der Waals surface area contributed by atoms with Crippen LogP contribution in [0.3, 0.4) is 0 Å². The van der Waals surface area contributed by atoms with Crippen molar-refractivity contribution in [1.82, 2.24) is 0 Å². The van der Waals surface area contributed by atoms with Crippen molar-refractivity contribution in [3.63, 3.8) is 0 Å². The van der Waals surface area contributed by atoms with Gasteiger partial charge in [0.2, 0.25) is 0 Å². The van der Waals surface area contributed by atoms with Gasteiger partial charge < -0.3 is 5.11 Å². The van der Waals surface area contributed by atoms with Gasteiger partial charge >= 0.3 is 0 Å². The van der Waals surface area contributed by atoms with Crippen molar-refractivity contribution >= 4 is 22.6 Å². The van der Waals surface area contributed by atoms with E-state index in [9.17, 15) is 5.11 Å². The SMILES string of the molecule is CC1(C)C(C(O)Cc2ccc(I)cc2)C1(C)C. The molecule has 0 heterocycles. The minimum absolute atomic E-state index is 0.222. The largest absolute Gasteiger partial charge is 0.392 e. The first kappa shape index (κ1) is 13.3. The summed E-state index contributed by atoms with van der Waals surface area (Å²) in [6, 6.07) is 8.44. The van der Waals surface area contributed by atoms with Crippen LogP contribution in [0.5, 0.6) is 0 Å². The lowest BCUT2D eigenvalue weighted by molar-refractivity contribution is 0.129. The van der Waals surface area contributed by atoms with Gasteiger partial charge in [-0.15, -0.1) is 0 Å². The van der Waals surface area contributed by atoms with E-state index in [-0.39, 0.29) is 16.9 Å². The Kier molecular flexibility index (Phi) is 3.32. The molecule has 1 saturated carbocycles. The van der Waals surface area contributed by atoms with Gasteiger partial charge in [-0.1, -0.05) is 39.8 Å². The Balaban J connectivity index is 2.04. The molecule has 1 nitrogen and oxygen atoms in total. The third-order valence-electron chi connectivity index (χ3n) is 4.88. The Morgan fingerprint density at radius 3 is 2.00 bits per heavy atom. The van der Waals surface area contributed by atoms with Crippen LogP contribution >= 0.6 is 22.6 Å². The first-order valence-electron chi connectivity index (χ1n) is 6.19. The van der Waals surface area contributed by atoms with Gasteiger partial charge in [-0.2, -0.15) is 0 Å². The number of rotatable bonds is 3. The van der Waals surface area contributed by atoms with Crippen molar-refractivity contribution in [3.05, 3.63) is 33.4 Å². The van der Waals surface area contributed by atoms with Gasteiger partial charge in [0.1, 0.15) is 0 Å². The van der Waals surface area contributed by atoms with E-state index in [1.54, 1.807) is 0 Å². The smallest absolute Gasteiger partial charge is 0.0619 e. The zero-order chi connectivity index (χ0) is 12.8. The van der Waals surface area contributed by atoms with Crippen molar-refractivity contribution in [2.24, 2.45) is 16.7 Å². The van der Waals surface area contributed by atoms with Gasteiger partial charge in [-0.05, 0) is 63.5 Å². The number of aliphatic hydroxyl groups is 1. The van der Waals surface area contributed by atoms with Crippen molar-refractivity contribution in [2.75, 3.05) is 0 Å². The van der Waals surface area contributed by atoms with E-state index in [4.69, 9.17) is 0 Å². The Bertz CT molecular complexity index is 391. The number of halogens is 1. The van der Waals surface area contributed by atoms with Crippen LogP contribution in [0.4, 0.5) is 0 Å². The highest BCUT2D eigenvalue weighted by Gasteiger charge is 2.66. The minimum atomic E-state index is -0.222. The van der Waals surface area contributed by atoms with Crippen LogP contribution in [0, 0.1) is 20.3 Å². The molecule has 1 aromatic rings. The Morgan fingerprint density at radius 1 is 1.12 bits per heavy atom. The summed E-state index contributed by atoms with van der Waals surface area (Å²) in [5, 5.41) is 10.4. The molecular weight excluding hydrogens is 323 g/mol. The molecular formula is C15H21IO. The van der Waals surface area contributed by atoms with E-state index in [2.05, 4.69) is 74.6 Å². The number of benzene rings is 1. The fraction of sp³-hybridized carbons (Fsp3) is 0.600. The van der Waals surface area contributed by atoms with Crippen molar-refractivity contribution < 1.29 is 5.11 Å². The zero-order valence-electron chi connectivity index (χ0n) is 11.0. The predicted molar refractivity (Wildman–Crippen MR) is 79.9 cm³/mol. The molecule has 1 unspecified atom stereocenters. The maximum atomic E-state index is 10.4. The molecule has 1 aliphatic carbocycles. The van der Waals surface area contributed by atoms with Gasteiger partial charge in [0.25, 0.3) is 0 Å². The van der Waals surface area contributed by atoms with Crippen LogP contribution in [0.1, 0.15) is 33.3 Å². The number of aliphatic hydroxyl groups excluding tert-OH is 1. The van der Waals surface area contributed by atoms with Crippen LogP contribution in [0.2, 0.25) is 0 Å². The molecule has 0 saturated heterocycles. The highest BCUT2D eigenvalue weighted by molar-refractivity contribution is 14.1. The van der Waals surface area contributed by atoms with Crippen LogP contribution in [-0.2, 0) is 6.42 Å². The fourth-order valence-corrected chi connectivity index (χ4v) is 3.55. The molecule has 0 spiro atoms. The van der Waals surface area contributed by atoms with Crippen molar-refractivity contribution in [2.45, 2.75) is 40.2 Å². The number of hydrogen-bond donors (Lipinski definition) is 1. The molecule has 1 aromatic carbocycles. The van der Waals surface area contributed by atoms with Gasteiger partial charge in [-0.3, -0.25) is 0 Å². The minimum Gasteiger partial charge on any atom is -0.392 e. The van der Waals surface area contributed by atoms with Gasteiger partial charge in [0.15, 0.2) is 0 Å². The summed E-state index contributed by atoms with van der Waals surface area (Å²) in [4.78, 5) is 0. The molecule has 2 heteroatoms. The molecule has 0 aliphatic heterocycles. The summed E-state index contributed by atoms with van der Waals surface area (Å²) in [7, 11) is 0. The van der Waals surface area contributed by atoms with Crippen LogP contribution in [0.25, 0.3) is 0 Å². The van der Waals surface area contributed by atoms with Gasteiger partial charge in [0, 0.05) is 3.57 Å². The van der Waals surface area contributed by atoms with Crippen LogP contribution in [-0.4, -0.2) is 11.2 Å². The van der Waals surface area contributed by atoms with Crippen molar-refractivity contribution in [1.29, 1.82) is 0 Å². The molecule has 1 fully saturated rings. The van der Waals surface area contributed by atoms with Gasteiger partial charge in [-0.25, -0.2) is 0 Å². The second-order valence-electron chi connectivity index (χ2n) is 6.32. The highest BCUT2D eigenvalue weighted by Crippen LogP contribution is 2.69. The average molecular weight is 344 g/mol. The van der Waals surface area contributed by atoms with E-state index in [1.165, 1.54) is 9.13 Å². The summed E-state index contributed by atoms with van der Waals surface area (Å²) in [5.74, 6) is 0.411. The summed E-state index contributed by atoms with van der Waals surface area (Å²) in [6.45, 7) is 9.03. The normalized spacial score (nSPS) is 23.4. The second-order valence-corrected chi connectivity index (χ2v) is 7.56. The van der Waals surface area contributed by atoms with E-state index >= 15 is 0 Å². The van der Waals surface area contributed by atoms with Crippen LogP contribution < -0.4 is 0 Å². The topological polar surface area (TPSA) is 20.2 Å². The zero-order valence-corrected chi connectivity index (χ0v) is 13.2. The average Bonchev–Trinajstić information content (AvgIpc) is 2.61. The quantitative estimate of drug-likeness (QED) is 0.826. The van der Waals surface area contributed by atoms with E-state index < -0.39 is 0 Å². The molecule has 2 rings (SSSR count). The molecule has 0 amide bonds. The summed E-state index contributed by atoms with van der Waals surface area (Å²) < 4.78 is 1.24. The Labute approximate surface area is 118 Å². The molecule has 1 N–H and O–H groups in total. The summed E-state index contributed by atoms with van der Waals surface area (Å²) >= 11 is 2.30. The second kappa shape index (κ2) is 4.23. The molecule has 1 aliphatic rings. The lowest BCUT2D eigenvalue weighted by Crippen LogP contribution is -2.17. The highest BCUT2D eigenvalue weighted by atomic mass is 127. The Morgan fingerprint density at radius 2 is 1.59 bits per heavy atom. The molecule has 94 valence electrons. The lowest BCUT2D eigenvalue weighted by Gasteiger charge is -2.12.